The maximum absolute atomic E-state index is 12.5. The summed E-state index contributed by atoms with van der Waals surface area (Å²) in [7, 11) is 1.86. The van der Waals surface area contributed by atoms with Gasteiger partial charge in [0, 0.05) is 26.0 Å². The van der Waals surface area contributed by atoms with Gasteiger partial charge < -0.3 is 14.5 Å². The maximum Gasteiger partial charge on any atom is 0.230 e. The molecule has 0 aliphatic rings. The van der Waals surface area contributed by atoms with Crippen LogP contribution in [0.25, 0.3) is 0 Å². The molecule has 3 aromatic rings. The molecule has 2 heterocycles. The van der Waals surface area contributed by atoms with Crippen LogP contribution < -0.4 is 5.32 Å². The molecule has 8 heteroatoms. The van der Waals surface area contributed by atoms with E-state index in [0.29, 0.717) is 5.75 Å². The summed E-state index contributed by atoms with van der Waals surface area (Å²) in [6, 6.07) is 10.00. The molecule has 0 saturated heterocycles. The molecule has 0 unspecified atom stereocenters. The molecule has 3 rings (SSSR count). The van der Waals surface area contributed by atoms with Crippen LogP contribution in [0.3, 0.4) is 0 Å². The van der Waals surface area contributed by atoms with Crippen molar-refractivity contribution >= 4 is 17.7 Å². The average molecular weight is 370 g/mol. The van der Waals surface area contributed by atoms with Gasteiger partial charge in [0.2, 0.25) is 5.91 Å². The summed E-state index contributed by atoms with van der Waals surface area (Å²) >= 11 is 1.38. The van der Waals surface area contributed by atoms with E-state index in [9.17, 15) is 4.79 Å². The van der Waals surface area contributed by atoms with Crippen LogP contribution in [0.5, 0.6) is 0 Å². The summed E-state index contributed by atoms with van der Waals surface area (Å²) < 4.78 is 3.89. The van der Waals surface area contributed by atoms with Crippen molar-refractivity contribution in [3.8, 4) is 0 Å². The molecule has 0 bridgehead atoms. The van der Waals surface area contributed by atoms with Crippen LogP contribution >= 0.6 is 11.8 Å². The normalized spacial score (nSPS) is 12.1. The Morgan fingerprint density at radius 3 is 2.77 bits per heavy atom. The Bertz CT molecular complexity index is 844. The number of imidazole rings is 1. The van der Waals surface area contributed by atoms with Crippen molar-refractivity contribution < 1.29 is 4.79 Å². The first kappa shape index (κ1) is 18.2. The molecule has 1 N–H and O–H groups in total. The lowest BCUT2D eigenvalue weighted by Gasteiger charge is -2.20. The van der Waals surface area contributed by atoms with Crippen LogP contribution in [-0.4, -0.2) is 36.0 Å². The summed E-state index contributed by atoms with van der Waals surface area (Å²) in [5.41, 5.74) is 1.10. The smallest absolute Gasteiger partial charge is 0.230 e. The molecule has 0 radical (unpaired) electrons. The fraction of sp³-hybridized carbons (Fsp3) is 0.333. The third-order valence-electron chi connectivity index (χ3n) is 4.12. The number of nitrogens with zero attached hydrogens (tertiary/aromatic N) is 5. The van der Waals surface area contributed by atoms with Crippen molar-refractivity contribution in [3.05, 3.63) is 60.4 Å². The number of rotatable bonds is 8. The number of nitrogens with one attached hydrogen (secondary N) is 1. The van der Waals surface area contributed by atoms with Crippen molar-refractivity contribution in [2.45, 2.75) is 31.1 Å². The van der Waals surface area contributed by atoms with Crippen LogP contribution in [0, 0.1) is 6.92 Å². The standard InChI is InChI=1S/C18H22N6OS/c1-14-19-9-11-24(14)10-8-16(15-6-4-3-5-7-15)21-17(25)12-26-18-22-20-13-23(18)2/h3-7,9,11,13,16H,8,10,12H2,1-2H3,(H,21,25)/t16-/m0/s1. The summed E-state index contributed by atoms with van der Waals surface area (Å²) in [4.78, 5) is 16.7. The van der Waals surface area contributed by atoms with Crippen molar-refractivity contribution in [3.63, 3.8) is 0 Å². The van der Waals surface area contributed by atoms with E-state index < -0.39 is 0 Å². The van der Waals surface area contributed by atoms with Gasteiger partial charge in [-0.3, -0.25) is 4.79 Å². The second-order valence-electron chi connectivity index (χ2n) is 6.00. The van der Waals surface area contributed by atoms with Gasteiger partial charge in [0.25, 0.3) is 0 Å². The highest BCUT2D eigenvalue weighted by Crippen LogP contribution is 2.19. The highest BCUT2D eigenvalue weighted by molar-refractivity contribution is 7.99. The summed E-state index contributed by atoms with van der Waals surface area (Å²) in [5.74, 6) is 1.26. The Balaban J connectivity index is 1.62. The molecule has 1 atom stereocenters. The molecule has 2 aromatic heterocycles. The van der Waals surface area contributed by atoms with E-state index in [2.05, 4.69) is 25.1 Å². The van der Waals surface area contributed by atoms with Gasteiger partial charge in [0.15, 0.2) is 5.16 Å². The van der Waals surface area contributed by atoms with E-state index >= 15 is 0 Å². The molecule has 1 amide bonds. The van der Waals surface area contributed by atoms with Gasteiger partial charge in [-0.15, -0.1) is 10.2 Å². The number of aryl methyl sites for hydroxylation is 3. The van der Waals surface area contributed by atoms with Crippen molar-refractivity contribution in [2.24, 2.45) is 7.05 Å². The second kappa shape index (κ2) is 8.66. The van der Waals surface area contributed by atoms with E-state index in [4.69, 9.17) is 0 Å². The molecule has 136 valence electrons. The maximum atomic E-state index is 12.5. The average Bonchev–Trinajstić information content (AvgIpc) is 3.25. The van der Waals surface area contributed by atoms with Crippen molar-refractivity contribution in [1.29, 1.82) is 0 Å². The highest BCUT2D eigenvalue weighted by atomic mass is 32.2. The minimum Gasteiger partial charge on any atom is -0.349 e. The molecule has 26 heavy (non-hydrogen) atoms. The van der Waals surface area contributed by atoms with Crippen LogP contribution in [0.15, 0.2) is 54.2 Å². The Labute approximate surface area is 156 Å². The first-order valence-electron chi connectivity index (χ1n) is 8.42. The Morgan fingerprint density at radius 1 is 1.31 bits per heavy atom. The van der Waals surface area contributed by atoms with Gasteiger partial charge >= 0.3 is 0 Å². The molecule has 7 nitrogen and oxygen atoms in total. The molecule has 0 fully saturated rings. The predicted molar refractivity (Wildman–Crippen MR) is 101 cm³/mol. The summed E-state index contributed by atoms with van der Waals surface area (Å²) in [6.07, 6.45) is 6.17. The van der Waals surface area contributed by atoms with Gasteiger partial charge in [0.1, 0.15) is 12.2 Å². The van der Waals surface area contributed by atoms with Crippen molar-refractivity contribution in [2.75, 3.05) is 5.75 Å². The first-order valence-corrected chi connectivity index (χ1v) is 9.41. The van der Waals surface area contributed by atoms with Crippen LogP contribution in [0.2, 0.25) is 0 Å². The topological polar surface area (TPSA) is 77.6 Å². The third kappa shape index (κ3) is 4.72. The Kier molecular flexibility index (Phi) is 6.06. The summed E-state index contributed by atoms with van der Waals surface area (Å²) in [5, 5.41) is 11.7. The molecule has 0 spiro atoms. The lowest BCUT2D eigenvalue weighted by Crippen LogP contribution is -2.31. The molecule has 0 saturated carbocycles. The number of thioether (sulfide) groups is 1. The zero-order valence-electron chi connectivity index (χ0n) is 14.9. The van der Waals surface area contributed by atoms with E-state index in [1.54, 1.807) is 17.1 Å². The number of benzene rings is 1. The zero-order valence-corrected chi connectivity index (χ0v) is 15.7. The van der Waals surface area contributed by atoms with Crippen molar-refractivity contribution in [1.82, 2.24) is 29.6 Å². The number of amides is 1. The van der Waals surface area contributed by atoms with E-state index in [-0.39, 0.29) is 11.9 Å². The molecular formula is C18H22N6OS. The van der Waals surface area contributed by atoms with E-state index in [0.717, 1.165) is 29.5 Å². The largest absolute Gasteiger partial charge is 0.349 e. The zero-order chi connectivity index (χ0) is 18.4. The predicted octanol–water partition coefficient (Wildman–Crippen LogP) is 2.36. The molecule has 1 aromatic carbocycles. The minimum absolute atomic E-state index is 0.0193. The SMILES string of the molecule is Cc1nccn1CC[C@H](NC(=O)CSc1nncn1C)c1ccccc1. The minimum atomic E-state index is -0.0504. The number of carbonyl (C=O) groups excluding carboxylic acids is 1. The quantitative estimate of drug-likeness (QED) is 0.616. The number of hydrogen-bond acceptors (Lipinski definition) is 5. The molecule has 0 aliphatic carbocycles. The third-order valence-corrected chi connectivity index (χ3v) is 5.16. The van der Waals surface area contributed by atoms with Crippen LogP contribution in [0.1, 0.15) is 23.9 Å². The molecule has 0 aliphatic heterocycles. The van der Waals surface area contributed by atoms with E-state index in [1.165, 1.54) is 11.8 Å². The number of carbonyl (C=O) groups is 1. The lowest BCUT2D eigenvalue weighted by atomic mass is 10.0. The van der Waals surface area contributed by atoms with Gasteiger partial charge in [-0.05, 0) is 18.9 Å². The highest BCUT2D eigenvalue weighted by Gasteiger charge is 2.16. The Morgan fingerprint density at radius 2 is 2.12 bits per heavy atom. The Hall–Kier alpha value is -2.61. The van der Waals surface area contributed by atoms with Crippen LogP contribution in [0.4, 0.5) is 0 Å². The fourth-order valence-corrected chi connectivity index (χ4v) is 3.38. The van der Waals surface area contributed by atoms with Gasteiger partial charge in [-0.1, -0.05) is 42.1 Å². The van der Waals surface area contributed by atoms with Gasteiger partial charge in [-0.2, -0.15) is 0 Å². The number of hydrogen-bond donors (Lipinski definition) is 1. The van der Waals surface area contributed by atoms with Gasteiger partial charge in [0.05, 0.1) is 11.8 Å². The lowest BCUT2D eigenvalue weighted by molar-refractivity contribution is -0.119. The van der Waals surface area contributed by atoms with Crippen LogP contribution in [-0.2, 0) is 18.4 Å². The molecular weight excluding hydrogens is 348 g/mol. The number of aromatic nitrogens is 5. The van der Waals surface area contributed by atoms with E-state index in [1.807, 2.05) is 50.5 Å². The monoisotopic (exact) mass is 370 g/mol. The summed E-state index contributed by atoms with van der Waals surface area (Å²) in [6.45, 7) is 2.77. The van der Waals surface area contributed by atoms with Gasteiger partial charge in [-0.25, -0.2) is 4.98 Å². The second-order valence-corrected chi connectivity index (χ2v) is 6.94. The first-order chi connectivity index (χ1) is 12.6. The fourth-order valence-electron chi connectivity index (χ4n) is 2.69.